The SMILES string of the molecule is CC12CCC(=O)C=C1CCC1C2CC(O)C2(C)C(c3ccc(=O)oc3)CCC12O. The minimum atomic E-state index is -0.966. The smallest absolute Gasteiger partial charge is 0.335 e. The van der Waals surface area contributed by atoms with Crippen molar-refractivity contribution in [3.63, 3.8) is 0 Å². The zero-order chi connectivity index (χ0) is 20.6. The Kier molecular flexibility index (Phi) is 4.08. The van der Waals surface area contributed by atoms with Crippen LogP contribution in [0.3, 0.4) is 0 Å². The first-order valence-electron chi connectivity index (χ1n) is 10.9. The third kappa shape index (κ3) is 2.40. The predicted octanol–water partition coefficient (Wildman–Crippen LogP) is 3.34. The van der Waals surface area contributed by atoms with Gasteiger partial charge in [0.1, 0.15) is 0 Å². The van der Waals surface area contributed by atoms with Crippen LogP contribution in [0.15, 0.2) is 39.3 Å². The Balaban J connectivity index is 1.56. The lowest BCUT2D eigenvalue weighted by atomic mass is 9.44. The fourth-order valence-corrected chi connectivity index (χ4v) is 7.61. The lowest BCUT2D eigenvalue weighted by Crippen LogP contribution is -2.65. The van der Waals surface area contributed by atoms with E-state index in [1.165, 1.54) is 17.9 Å². The van der Waals surface area contributed by atoms with Gasteiger partial charge in [-0.25, -0.2) is 4.79 Å². The van der Waals surface area contributed by atoms with Crippen molar-refractivity contribution in [2.45, 2.75) is 76.4 Å². The predicted molar refractivity (Wildman–Crippen MR) is 107 cm³/mol. The van der Waals surface area contributed by atoms with Gasteiger partial charge in [0.25, 0.3) is 0 Å². The first-order chi connectivity index (χ1) is 13.7. The third-order valence-corrected chi connectivity index (χ3v) is 9.37. The van der Waals surface area contributed by atoms with Gasteiger partial charge < -0.3 is 14.6 Å². The monoisotopic (exact) mass is 398 g/mol. The number of hydrogen-bond acceptors (Lipinski definition) is 5. The number of rotatable bonds is 1. The number of ketones is 1. The van der Waals surface area contributed by atoms with Gasteiger partial charge in [-0.1, -0.05) is 19.4 Å². The molecule has 2 N–H and O–H groups in total. The second-order valence-corrected chi connectivity index (χ2v) is 10.2. The molecule has 0 spiro atoms. The molecule has 4 aliphatic rings. The maximum atomic E-state index is 12.1. The molecule has 5 heteroatoms. The highest BCUT2D eigenvalue weighted by molar-refractivity contribution is 5.91. The second kappa shape index (κ2) is 6.14. The van der Waals surface area contributed by atoms with Gasteiger partial charge in [-0.15, -0.1) is 0 Å². The fourth-order valence-electron chi connectivity index (χ4n) is 7.61. The summed E-state index contributed by atoms with van der Waals surface area (Å²) in [5.74, 6) is 0.441. The molecule has 29 heavy (non-hydrogen) atoms. The summed E-state index contributed by atoms with van der Waals surface area (Å²) >= 11 is 0. The van der Waals surface area contributed by atoms with Crippen molar-refractivity contribution >= 4 is 5.78 Å². The molecule has 5 rings (SSSR count). The van der Waals surface area contributed by atoms with Crippen molar-refractivity contribution in [1.29, 1.82) is 0 Å². The fraction of sp³-hybridized carbons (Fsp3) is 0.667. The van der Waals surface area contributed by atoms with Crippen molar-refractivity contribution in [2.24, 2.45) is 22.7 Å². The molecule has 7 unspecified atom stereocenters. The number of aliphatic hydroxyl groups is 2. The van der Waals surface area contributed by atoms with Gasteiger partial charge in [-0.05, 0) is 79.4 Å². The molecule has 3 fully saturated rings. The molecule has 0 saturated heterocycles. The number of carbonyl (C=O) groups is 1. The topological polar surface area (TPSA) is 87.7 Å². The normalized spacial score (nSPS) is 46.5. The molecule has 0 bridgehead atoms. The largest absolute Gasteiger partial charge is 0.431 e. The highest BCUT2D eigenvalue weighted by Gasteiger charge is 2.69. The summed E-state index contributed by atoms with van der Waals surface area (Å²) in [7, 11) is 0. The van der Waals surface area contributed by atoms with Gasteiger partial charge in [0.05, 0.1) is 18.0 Å². The summed E-state index contributed by atoms with van der Waals surface area (Å²) < 4.78 is 5.11. The number of carbonyl (C=O) groups excluding carboxylic acids is 1. The van der Waals surface area contributed by atoms with Crippen molar-refractivity contribution in [1.82, 2.24) is 0 Å². The van der Waals surface area contributed by atoms with Crippen LogP contribution >= 0.6 is 0 Å². The van der Waals surface area contributed by atoms with E-state index in [-0.39, 0.29) is 34.6 Å². The third-order valence-electron chi connectivity index (χ3n) is 9.37. The Morgan fingerprint density at radius 2 is 1.86 bits per heavy atom. The summed E-state index contributed by atoms with van der Waals surface area (Å²) in [4.78, 5) is 23.4. The van der Waals surface area contributed by atoms with E-state index in [9.17, 15) is 19.8 Å². The van der Waals surface area contributed by atoms with E-state index in [0.29, 0.717) is 19.3 Å². The molecule has 3 saturated carbocycles. The quantitative estimate of drug-likeness (QED) is 0.758. The van der Waals surface area contributed by atoms with Crippen LogP contribution in [0.1, 0.15) is 70.3 Å². The van der Waals surface area contributed by atoms with E-state index in [1.807, 2.05) is 13.0 Å². The molecule has 0 aliphatic heterocycles. The Bertz CT molecular complexity index is 926. The van der Waals surface area contributed by atoms with Crippen LogP contribution in [-0.4, -0.2) is 27.7 Å². The number of aliphatic hydroxyl groups excluding tert-OH is 1. The molecule has 0 amide bonds. The lowest BCUT2D eigenvalue weighted by Gasteiger charge is -2.63. The Morgan fingerprint density at radius 3 is 2.59 bits per heavy atom. The van der Waals surface area contributed by atoms with E-state index < -0.39 is 17.1 Å². The summed E-state index contributed by atoms with van der Waals surface area (Å²) in [6, 6.07) is 3.20. The van der Waals surface area contributed by atoms with Crippen LogP contribution in [0.5, 0.6) is 0 Å². The Morgan fingerprint density at radius 1 is 1.07 bits per heavy atom. The van der Waals surface area contributed by atoms with E-state index in [2.05, 4.69) is 6.92 Å². The van der Waals surface area contributed by atoms with E-state index in [1.54, 1.807) is 6.07 Å². The molecular weight excluding hydrogens is 368 g/mol. The molecule has 0 aromatic carbocycles. The minimum absolute atomic E-state index is 0.0505. The molecule has 0 radical (unpaired) electrons. The van der Waals surface area contributed by atoms with Crippen molar-refractivity contribution in [3.8, 4) is 0 Å². The highest BCUT2D eigenvalue weighted by atomic mass is 16.4. The van der Waals surface area contributed by atoms with Gasteiger partial charge in [0.2, 0.25) is 0 Å². The van der Waals surface area contributed by atoms with Crippen LogP contribution < -0.4 is 5.63 Å². The first-order valence-corrected chi connectivity index (χ1v) is 10.9. The maximum Gasteiger partial charge on any atom is 0.335 e. The lowest BCUT2D eigenvalue weighted by molar-refractivity contribution is -0.221. The molecule has 1 heterocycles. The van der Waals surface area contributed by atoms with Crippen LogP contribution in [0, 0.1) is 22.7 Å². The van der Waals surface area contributed by atoms with Crippen molar-refractivity contribution < 1.29 is 19.4 Å². The summed E-state index contributed by atoms with van der Waals surface area (Å²) in [5.41, 5.74) is -0.0580. The molecule has 1 aromatic rings. The number of fused-ring (bicyclic) bond motifs is 5. The van der Waals surface area contributed by atoms with Crippen molar-refractivity contribution in [3.05, 3.63) is 46.0 Å². The standard InChI is InChI=1S/C24H30O5/c1-22-9-7-16(25)11-15(22)4-5-18-19(22)12-20(26)23(2)17(8-10-24(18,23)28)14-3-6-21(27)29-13-14/h3,6,11,13,17-20,26,28H,4-5,7-10,12H2,1-2H3. The Labute approximate surface area is 170 Å². The van der Waals surface area contributed by atoms with Gasteiger partial charge in [0, 0.05) is 17.9 Å². The van der Waals surface area contributed by atoms with Gasteiger partial charge >= 0.3 is 5.63 Å². The molecule has 156 valence electrons. The molecule has 7 atom stereocenters. The first kappa shape index (κ1) is 19.3. The second-order valence-electron chi connectivity index (χ2n) is 10.2. The zero-order valence-electron chi connectivity index (χ0n) is 17.2. The summed E-state index contributed by atoms with van der Waals surface area (Å²) in [5, 5.41) is 23.6. The van der Waals surface area contributed by atoms with E-state index in [4.69, 9.17) is 4.42 Å². The maximum absolute atomic E-state index is 12.1. The average molecular weight is 398 g/mol. The molecule has 4 aliphatic carbocycles. The molecule has 5 nitrogen and oxygen atoms in total. The van der Waals surface area contributed by atoms with E-state index in [0.717, 1.165) is 31.2 Å². The van der Waals surface area contributed by atoms with Gasteiger partial charge in [-0.3, -0.25) is 4.79 Å². The van der Waals surface area contributed by atoms with Crippen LogP contribution in [0.4, 0.5) is 0 Å². The minimum Gasteiger partial charge on any atom is -0.431 e. The highest BCUT2D eigenvalue weighted by Crippen LogP contribution is 2.69. The number of hydrogen-bond donors (Lipinski definition) is 2. The van der Waals surface area contributed by atoms with E-state index >= 15 is 0 Å². The van der Waals surface area contributed by atoms with Crippen LogP contribution in [0.2, 0.25) is 0 Å². The number of allylic oxidation sites excluding steroid dienone is 1. The zero-order valence-corrected chi connectivity index (χ0v) is 17.2. The van der Waals surface area contributed by atoms with Crippen LogP contribution in [0.25, 0.3) is 0 Å². The summed E-state index contributed by atoms with van der Waals surface area (Å²) in [6.45, 7) is 4.26. The Hall–Kier alpha value is -1.72. The van der Waals surface area contributed by atoms with Gasteiger partial charge in [-0.2, -0.15) is 0 Å². The van der Waals surface area contributed by atoms with Crippen LogP contribution in [-0.2, 0) is 4.79 Å². The average Bonchev–Trinajstić information content (AvgIpc) is 2.97. The van der Waals surface area contributed by atoms with Gasteiger partial charge in [0.15, 0.2) is 5.78 Å². The van der Waals surface area contributed by atoms with Crippen molar-refractivity contribution in [2.75, 3.05) is 0 Å². The molecule has 1 aromatic heterocycles. The molecular formula is C24H30O5. The summed E-state index contributed by atoms with van der Waals surface area (Å²) in [6.07, 6.45) is 7.80.